The number of fused-ring (bicyclic) bond motifs is 2. The number of methoxy groups -OCH3 is 1. The van der Waals surface area contributed by atoms with Crippen molar-refractivity contribution >= 4 is 5.91 Å². The summed E-state index contributed by atoms with van der Waals surface area (Å²) in [4.78, 5) is 18.1. The Bertz CT molecular complexity index is 891. The highest BCUT2D eigenvalue weighted by Crippen LogP contribution is 2.47. The third-order valence-corrected chi connectivity index (χ3v) is 6.87. The van der Waals surface area contributed by atoms with Gasteiger partial charge in [0.2, 0.25) is 0 Å². The van der Waals surface area contributed by atoms with Gasteiger partial charge in [-0.15, -0.1) is 0 Å². The number of hydrogen-bond donors (Lipinski definition) is 1. The summed E-state index contributed by atoms with van der Waals surface area (Å²) >= 11 is 0. The Labute approximate surface area is 165 Å². The molecule has 2 bridgehead atoms. The number of likely N-dealkylation sites (tertiary alicyclic amines) is 1. The summed E-state index contributed by atoms with van der Waals surface area (Å²) < 4.78 is 5.45. The number of ether oxygens (including phenoxy) is 1. The lowest BCUT2D eigenvalue weighted by Crippen LogP contribution is -2.60. The van der Waals surface area contributed by atoms with Crippen LogP contribution in [0.25, 0.3) is 0 Å². The van der Waals surface area contributed by atoms with Crippen LogP contribution in [0.4, 0.5) is 0 Å². The number of phenols is 1. The molecule has 5 heteroatoms. The van der Waals surface area contributed by atoms with Gasteiger partial charge in [0, 0.05) is 24.1 Å². The average Bonchev–Trinajstić information content (AvgIpc) is 3.17. The van der Waals surface area contributed by atoms with Gasteiger partial charge < -0.3 is 14.7 Å². The molecule has 5 nitrogen and oxygen atoms in total. The van der Waals surface area contributed by atoms with E-state index in [0.29, 0.717) is 24.1 Å². The molecule has 1 N–H and O–H groups in total. The van der Waals surface area contributed by atoms with Gasteiger partial charge in [-0.3, -0.25) is 9.69 Å². The highest BCUT2D eigenvalue weighted by Gasteiger charge is 2.54. The van der Waals surface area contributed by atoms with Crippen molar-refractivity contribution in [2.75, 3.05) is 26.7 Å². The molecule has 0 aromatic heterocycles. The maximum atomic E-state index is 13.4. The van der Waals surface area contributed by atoms with Crippen molar-refractivity contribution in [3.8, 4) is 11.5 Å². The van der Waals surface area contributed by atoms with Crippen LogP contribution < -0.4 is 4.74 Å². The van der Waals surface area contributed by atoms with E-state index in [1.165, 1.54) is 5.56 Å². The number of hydrogen-bond acceptors (Lipinski definition) is 4. The standard InChI is InChI=1S/C23H26N2O3/c1-28-19-7-3-4-16(13-19)20-14-25(23(27)17-5-2-6-18(26)12-17)21-15-8-10-24(11-9-15)22(20)21/h2-7,12-13,15,20-22,26H,8-11,14H2,1H3/t20-,21-,22-/m0/s1. The smallest absolute Gasteiger partial charge is 0.254 e. The van der Waals surface area contributed by atoms with Crippen molar-refractivity contribution in [3.63, 3.8) is 0 Å². The number of carbonyl (C=O) groups is 1. The minimum absolute atomic E-state index is 0.0325. The van der Waals surface area contributed by atoms with Crippen molar-refractivity contribution in [1.82, 2.24) is 9.80 Å². The molecule has 4 aliphatic rings. The SMILES string of the molecule is COc1cccc([C@@H]2CN(C(=O)c3cccc(O)c3)[C@H]3C4CCN(CC4)[C@@H]23)c1. The fraction of sp³-hybridized carbons (Fsp3) is 0.435. The zero-order valence-corrected chi connectivity index (χ0v) is 16.1. The van der Waals surface area contributed by atoms with Gasteiger partial charge >= 0.3 is 0 Å². The number of nitrogens with zero attached hydrogens (tertiary/aromatic N) is 2. The van der Waals surface area contributed by atoms with Gasteiger partial charge in [0.05, 0.1) is 13.2 Å². The Morgan fingerprint density at radius 3 is 2.61 bits per heavy atom. The van der Waals surface area contributed by atoms with E-state index >= 15 is 0 Å². The van der Waals surface area contributed by atoms with Gasteiger partial charge in [-0.2, -0.15) is 0 Å². The van der Waals surface area contributed by atoms with Crippen LogP contribution in [0.15, 0.2) is 48.5 Å². The van der Waals surface area contributed by atoms with Crippen LogP contribution >= 0.6 is 0 Å². The van der Waals surface area contributed by atoms with Gasteiger partial charge in [-0.25, -0.2) is 0 Å². The van der Waals surface area contributed by atoms with Crippen LogP contribution in [0.1, 0.15) is 34.7 Å². The number of phenolic OH excluding ortho intramolecular Hbond substituents is 1. The van der Waals surface area contributed by atoms with Gasteiger partial charge in [-0.05, 0) is 67.7 Å². The molecule has 4 aliphatic heterocycles. The molecule has 3 atom stereocenters. The summed E-state index contributed by atoms with van der Waals surface area (Å²) in [5, 5.41) is 9.84. The summed E-state index contributed by atoms with van der Waals surface area (Å²) in [5.74, 6) is 1.88. The summed E-state index contributed by atoms with van der Waals surface area (Å²) in [6, 6.07) is 15.6. The summed E-state index contributed by atoms with van der Waals surface area (Å²) in [6.07, 6.45) is 2.33. The zero-order valence-electron chi connectivity index (χ0n) is 16.1. The largest absolute Gasteiger partial charge is 0.508 e. The van der Waals surface area contributed by atoms with Crippen molar-refractivity contribution in [2.45, 2.75) is 30.8 Å². The van der Waals surface area contributed by atoms with E-state index in [2.05, 4.69) is 21.9 Å². The topological polar surface area (TPSA) is 53.0 Å². The van der Waals surface area contributed by atoms with Crippen LogP contribution in [0, 0.1) is 5.92 Å². The van der Waals surface area contributed by atoms with E-state index in [1.807, 2.05) is 12.1 Å². The summed E-state index contributed by atoms with van der Waals surface area (Å²) in [6.45, 7) is 2.96. The fourth-order valence-corrected chi connectivity index (χ4v) is 5.62. The van der Waals surface area contributed by atoms with Gasteiger partial charge in [0.15, 0.2) is 0 Å². The second-order valence-corrected chi connectivity index (χ2v) is 8.25. The molecule has 2 aromatic carbocycles. The Morgan fingerprint density at radius 2 is 1.86 bits per heavy atom. The predicted octanol–water partition coefficient (Wildman–Crippen LogP) is 3.10. The van der Waals surface area contributed by atoms with Gasteiger partial charge in [0.1, 0.15) is 11.5 Å². The van der Waals surface area contributed by atoms with Crippen molar-refractivity contribution in [1.29, 1.82) is 0 Å². The van der Waals surface area contributed by atoms with E-state index in [9.17, 15) is 9.90 Å². The second-order valence-electron chi connectivity index (χ2n) is 8.25. The molecule has 6 rings (SSSR count). The Morgan fingerprint density at radius 1 is 1.07 bits per heavy atom. The first-order valence-corrected chi connectivity index (χ1v) is 10.1. The molecule has 4 saturated heterocycles. The molecule has 0 radical (unpaired) electrons. The van der Waals surface area contributed by atoms with E-state index < -0.39 is 0 Å². The maximum absolute atomic E-state index is 13.4. The Hall–Kier alpha value is -2.53. The molecule has 0 saturated carbocycles. The molecule has 0 spiro atoms. The molecule has 1 amide bonds. The van der Waals surface area contributed by atoms with Crippen LogP contribution in [0.5, 0.6) is 11.5 Å². The first-order valence-electron chi connectivity index (χ1n) is 10.1. The molecule has 146 valence electrons. The predicted molar refractivity (Wildman–Crippen MR) is 107 cm³/mol. The minimum Gasteiger partial charge on any atom is -0.508 e. The molecule has 28 heavy (non-hydrogen) atoms. The number of carbonyl (C=O) groups excluding carboxylic acids is 1. The number of benzene rings is 2. The van der Waals surface area contributed by atoms with Crippen molar-refractivity contribution in [2.24, 2.45) is 5.92 Å². The quantitative estimate of drug-likeness (QED) is 0.892. The van der Waals surface area contributed by atoms with Crippen molar-refractivity contribution in [3.05, 3.63) is 59.7 Å². The third kappa shape index (κ3) is 2.76. The van der Waals surface area contributed by atoms with Crippen LogP contribution in [-0.4, -0.2) is 59.6 Å². The molecule has 4 heterocycles. The first kappa shape index (κ1) is 17.6. The molecule has 4 fully saturated rings. The van der Waals surface area contributed by atoms with E-state index in [1.54, 1.807) is 31.4 Å². The molecule has 0 aliphatic carbocycles. The lowest BCUT2D eigenvalue weighted by Gasteiger charge is -2.51. The highest BCUT2D eigenvalue weighted by molar-refractivity contribution is 5.95. The second kappa shape index (κ2) is 6.82. The zero-order chi connectivity index (χ0) is 19.3. The normalized spacial score (nSPS) is 30.9. The highest BCUT2D eigenvalue weighted by atomic mass is 16.5. The fourth-order valence-electron chi connectivity index (χ4n) is 5.62. The van der Waals surface area contributed by atoms with E-state index in [4.69, 9.17) is 4.74 Å². The lowest BCUT2D eigenvalue weighted by molar-refractivity contribution is -0.00342. The molecule has 2 aromatic rings. The van der Waals surface area contributed by atoms with Crippen molar-refractivity contribution < 1.29 is 14.6 Å². The third-order valence-electron chi connectivity index (χ3n) is 6.87. The van der Waals surface area contributed by atoms with Crippen LogP contribution in [0.2, 0.25) is 0 Å². The van der Waals surface area contributed by atoms with Crippen LogP contribution in [0.3, 0.4) is 0 Å². The minimum atomic E-state index is 0.0325. The Kier molecular flexibility index (Phi) is 4.27. The van der Waals surface area contributed by atoms with E-state index in [0.717, 1.165) is 31.7 Å². The number of aromatic hydroxyl groups is 1. The molecule has 0 unspecified atom stereocenters. The van der Waals surface area contributed by atoms with E-state index in [-0.39, 0.29) is 23.6 Å². The number of amides is 1. The lowest BCUT2D eigenvalue weighted by atomic mass is 9.75. The summed E-state index contributed by atoms with van der Waals surface area (Å²) in [5.41, 5.74) is 1.81. The maximum Gasteiger partial charge on any atom is 0.254 e. The molecular formula is C23H26N2O3. The van der Waals surface area contributed by atoms with Gasteiger partial charge in [-0.1, -0.05) is 18.2 Å². The van der Waals surface area contributed by atoms with Crippen LogP contribution in [-0.2, 0) is 0 Å². The number of piperidine rings is 3. The average molecular weight is 378 g/mol. The van der Waals surface area contributed by atoms with Gasteiger partial charge in [0.25, 0.3) is 5.91 Å². The number of rotatable bonds is 3. The Balaban J connectivity index is 1.53. The monoisotopic (exact) mass is 378 g/mol. The first-order chi connectivity index (χ1) is 13.7. The molecular weight excluding hydrogens is 352 g/mol. The summed E-state index contributed by atoms with van der Waals surface area (Å²) in [7, 11) is 1.69.